The van der Waals surface area contributed by atoms with E-state index in [1.54, 1.807) is 0 Å². The van der Waals surface area contributed by atoms with Crippen LogP contribution in [0.1, 0.15) is 11.1 Å². The minimum atomic E-state index is 0.233. The molecular formula is C17H16N2. The molecule has 0 bridgehead atoms. The highest BCUT2D eigenvalue weighted by Crippen LogP contribution is 2.36. The minimum Gasteiger partial charge on any atom is -0.354 e. The SMILES string of the molecule is NC1Cc2cccc3[nH]c(-c4ccccc4)c(c23)C1. The number of benzene rings is 2. The van der Waals surface area contributed by atoms with E-state index in [1.165, 1.54) is 33.3 Å². The van der Waals surface area contributed by atoms with E-state index in [0.717, 1.165) is 12.8 Å². The molecule has 0 spiro atoms. The highest BCUT2D eigenvalue weighted by molar-refractivity contribution is 5.94. The Morgan fingerprint density at radius 3 is 2.63 bits per heavy atom. The topological polar surface area (TPSA) is 41.8 Å². The molecule has 1 aliphatic rings. The van der Waals surface area contributed by atoms with Crippen LogP contribution in [-0.4, -0.2) is 11.0 Å². The number of H-pyrrole nitrogens is 1. The van der Waals surface area contributed by atoms with Gasteiger partial charge in [-0.25, -0.2) is 0 Å². The maximum Gasteiger partial charge on any atom is 0.0498 e. The second-order valence-corrected chi connectivity index (χ2v) is 5.35. The molecule has 2 heteroatoms. The largest absolute Gasteiger partial charge is 0.354 e. The molecule has 1 unspecified atom stereocenters. The summed E-state index contributed by atoms with van der Waals surface area (Å²) < 4.78 is 0. The molecule has 0 radical (unpaired) electrons. The van der Waals surface area contributed by atoms with Crippen LogP contribution < -0.4 is 5.73 Å². The smallest absolute Gasteiger partial charge is 0.0498 e. The summed E-state index contributed by atoms with van der Waals surface area (Å²) >= 11 is 0. The van der Waals surface area contributed by atoms with Crippen molar-refractivity contribution in [3.63, 3.8) is 0 Å². The van der Waals surface area contributed by atoms with Crippen LogP contribution in [0.3, 0.4) is 0 Å². The average molecular weight is 248 g/mol. The second kappa shape index (κ2) is 3.97. The predicted octanol–water partition coefficient (Wildman–Crippen LogP) is 3.26. The zero-order valence-corrected chi connectivity index (χ0v) is 10.7. The number of nitrogens with two attached hydrogens (primary N) is 1. The molecule has 94 valence electrons. The average Bonchev–Trinajstić information content (AvgIpc) is 2.80. The lowest BCUT2D eigenvalue weighted by molar-refractivity contribution is 0.658. The van der Waals surface area contributed by atoms with Gasteiger partial charge in [0.25, 0.3) is 0 Å². The lowest BCUT2D eigenvalue weighted by Crippen LogP contribution is -2.28. The van der Waals surface area contributed by atoms with Crippen molar-refractivity contribution in [1.29, 1.82) is 0 Å². The van der Waals surface area contributed by atoms with Crippen LogP contribution >= 0.6 is 0 Å². The predicted molar refractivity (Wildman–Crippen MR) is 79.1 cm³/mol. The van der Waals surface area contributed by atoms with Gasteiger partial charge in [0.1, 0.15) is 0 Å². The number of rotatable bonds is 1. The summed E-state index contributed by atoms with van der Waals surface area (Å²) in [5.41, 5.74) is 12.7. The van der Waals surface area contributed by atoms with Crippen LogP contribution in [0, 0.1) is 0 Å². The minimum absolute atomic E-state index is 0.233. The Labute approximate surface area is 112 Å². The molecule has 3 aromatic rings. The first kappa shape index (κ1) is 10.8. The van der Waals surface area contributed by atoms with Gasteiger partial charge in [0.15, 0.2) is 0 Å². The van der Waals surface area contributed by atoms with Gasteiger partial charge in [-0.05, 0) is 35.6 Å². The lowest BCUT2D eigenvalue weighted by atomic mass is 9.87. The van der Waals surface area contributed by atoms with Crippen molar-refractivity contribution in [3.05, 3.63) is 59.7 Å². The van der Waals surface area contributed by atoms with Crippen molar-refractivity contribution >= 4 is 10.9 Å². The molecule has 2 nitrogen and oxygen atoms in total. The van der Waals surface area contributed by atoms with Gasteiger partial charge in [-0.2, -0.15) is 0 Å². The molecular weight excluding hydrogens is 232 g/mol. The van der Waals surface area contributed by atoms with Gasteiger partial charge in [0.2, 0.25) is 0 Å². The molecule has 1 atom stereocenters. The van der Waals surface area contributed by atoms with Gasteiger partial charge in [0, 0.05) is 22.6 Å². The van der Waals surface area contributed by atoms with Crippen molar-refractivity contribution in [2.75, 3.05) is 0 Å². The van der Waals surface area contributed by atoms with E-state index in [0.29, 0.717) is 0 Å². The fourth-order valence-electron chi connectivity index (χ4n) is 3.24. The van der Waals surface area contributed by atoms with Crippen molar-refractivity contribution in [1.82, 2.24) is 4.98 Å². The summed E-state index contributed by atoms with van der Waals surface area (Å²) in [4.78, 5) is 3.58. The van der Waals surface area contributed by atoms with Crippen LogP contribution in [0.15, 0.2) is 48.5 Å². The molecule has 1 aromatic heterocycles. The third-order valence-corrected chi connectivity index (χ3v) is 4.02. The zero-order chi connectivity index (χ0) is 12.8. The van der Waals surface area contributed by atoms with Gasteiger partial charge in [-0.15, -0.1) is 0 Å². The Bertz CT molecular complexity index is 741. The van der Waals surface area contributed by atoms with Crippen LogP contribution in [0.4, 0.5) is 0 Å². The molecule has 4 rings (SSSR count). The summed E-state index contributed by atoms with van der Waals surface area (Å²) in [5.74, 6) is 0. The van der Waals surface area contributed by atoms with Gasteiger partial charge in [-0.3, -0.25) is 0 Å². The maximum absolute atomic E-state index is 6.22. The van der Waals surface area contributed by atoms with Crippen LogP contribution in [0.5, 0.6) is 0 Å². The maximum atomic E-state index is 6.22. The molecule has 0 saturated carbocycles. The fraction of sp³-hybridized carbons (Fsp3) is 0.176. The van der Waals surface area contributed by atoms with Crippen molar-refractivity contribution in [2.24, 2.45) is 5.73 Å². The molecule has 0 fully saturated rings. The monoisotopic (exact) mass is 248 g/mol. The molecule has 3 N–H and O–H groups in total. The second-order valence-electron chi connectivity index (χ2n) is 5.35. The van der Waals surface area contributed by atoms with Crippen LogP contribution in [-0.2, 0) is 12.8 Å². The Kier molecular flexibility index (Phi) is 2.26. The van der Waals surface area contributed by atoms with Crippen molar-refractivity contribution in [2.45, 2.75) is 18.9 Å². The molecule has 0 aliphatic heterocycles. The standard InChI is InChI=1S/C17H16N2/c18-13-9-12-7-4-8-15-16(12)14(10-13)17(19-15)11-5-2-1-3-6-11/h1-8,13,19H,9-10,18H2. The molecule has 0 saturated heterocycles. The molecule has 19 heavy (non-hydrogen) atoms. The first-order valence-corrected chi connectivity index (χ1v) is 6.76. The summed E-state index contributed by atoms with van der Waals surface area (Å²) in [6.45, 7) is 0. The fourth-order valence-corrected chi connectivity index (χ4v) is 3.24. The number of nitrogens with one attached hydrogen (secondary N) is 1. The van der Waals surface area contributed by atoms with Gasteiger partial charge in [0.05, 0.1) is 0 Å². The van der Waals surface area contributed by atoms with Gasteiger partial charge in [-0.1, -0.05) is 42.5 Å². The third kappa shape index (κ3) is 1.60. The molecule has 1 heterocycles. The number of hydrogen-bond acceptors (Lipinski definition) is 1. The molecule has 2 aromatic carbocycles. The Balaban J connectivity index is 2.04. The Morgan fingerprint density at radius 2 is 1.79 bits per heavy atom. The summed E-state index contributed by atoms with van der Waals surface area (Å²) in [7, 11) is 0. The summed E-state index contributed by atoms with van der Waals surface area (Å²) in [5, 5.41) is 1.39. The van der Waals surface area contributed by atoms with E-state index in [4.69, 9.17) is 5.73 Å². The first-order chi connectivity index (χ1) is 9.33. The quantitative estimate of drug-likeness (QED) is 0.682. The number of hydrogen-bond donors (Lipinski definition) is 2. The first-order valence-electron chi connectivity index (χ1n) is 6.76. The van der Waals surface area contributed by atoms with Crippen molar-refractivity contribution in [3.8, 4) is 11.3 Å². The number of aromatic nitrogens is 1. The van der Waals surface area contributed by atoms with E-state index in [-0.39, 0.29) is 6.04 Å². The van der Waals surface area contributed by atoms with E-state index < -0.39 is 0 Å². The zero-order valence-electron chi connectivity index (χ0n) is 10.7. The lowest BCUT2D eigenvalue weighted by Gasteiger charge is -2.19. The van der Waals surface area contributed by atoms with E-state index in [2.05, 4.69) is 53.5 Å². The van der Waals surface area contributed by atoms with Gasteiger partial charge < -0.3 is 10.7 Å². The van der Waals surface area contributed by atoms with E-state index in [9.17, 15) is 0 Å². The molecule has 0 amide bonds. The highest BCUT2D eigenvalue weighted by atomic mass is 14.7. The molecule has 1 aliphatic carbocycles. The van der Waals surface area contributed by atoms with Crippen molar-refractivity contribution < 1.29 is 0 Å². The Hall–Kier alpha value is -2.06. The number of aromatic amines is 1. The summed E-state index contributed by atoms with van der Waals surface area (Å²) in [6, 6.07) is 17.2. The van der Waals surface area contributed by atoms with E-state index in [1.807, 2.05) is 0 Å². The Morgan fingerprint density at radius 1 is 0.947 bits per heavy atom. The third-order valence-electron chi connectivity index (χ3n) is 4.02. The van der Waals surface area contributed by atoms with E-state index >= 15 is 0 Å². The summed E-state index contributed by atoms with van der Waals surface area (Å²) in [6.07, 6.45) is 1.94. The highest BCUT2D eigenvalue weighted by Gasteiger charge is 2.22. The van der Waals surface area contributed by atoms with Crippen LogP contribution in [0.25, 0.3) is 22.2 Å². The van der Waals surface area contributed by atoms with Gasteiger partial charge >= 0.3 is 0 Å². The normalized spacial score (nSPS) is 17.8. The van der Waals surface area contributed by atoms with Crippen LogP contribution in [0.2, 0.25) is 0 Å².